The van der Waals surface area contributed by atoms with E-state index in [9.17, 15) is 0 Å². The lowest BCUT2D eigenvalue weighted by atomic mass is 10.1. The van der Waals surface area contributed by atoms with Crippen molar-refractivity contribution in [1.29, 1.82) is 0 Å². The number of nitrogens with zero attached hydrogens (tertiary/aromatic N) is 5. The maximum atomic E-state index is 6.26. The van der Waals surface area contributed by atoms with Gasteiger partial charge in [-0.3, -0.25) is 9.47 Å². The summed E-state index contributed by atoms with van der Waals surface area (Å²) < 4.78 is 2.08. The number of pyridine rings is 2. The molecule has 2 aromatic carbocycles. The number of aromatic nitrogens is 4. The minimum Gasteiger partial charge on any atom is -0.383 e. The van der Waals surface area contributed by atoms with Crippen LogP contribution in [0.5, 0.6) is 0 Å². The summed E-state index contributed by atoms with van der Waals surface area (Å²) in [4.78, 5) is 16.6. The predicted molar refractivity (Wildman–Crippen MR) is 135 cm³/mol. The van der Waals surface area contributed by atoms with E-state index in [2.05, 4.69) is 56.2 Å². The lowest BCUT2D eigenvalue weighted by Gasteiger charge is -2.15. The molecule has 1 saturated heterocycles. The van der Waals surface area contributed by atoms with E-state index in [-0.39, 0.29) is 0 Å². The molecule has 0 atom stereocenters. The highest BCUT2D eigenvalue weighted by Gasteiger charge is 2.19. The minimum atomic E-state index is 0.445. The number of hydrogen-bond acceptors (Lipinski definition) is 6. The Hall–Kier alpha value is -4.07. The Morgan fingerprint density at radius 1 is 0.882 bits per heavy atom. The highest BCUT2D eigenvalue weighted by molar-refractivity contribution is 5.84. The maximum absolute atomic E-state index is 6.26. The molecule has 0 radical (unpaired) electrons. The molecule has 7 heteroatoms. The van der Waals surface area contributed by atoms with Crippen LogP contribution >= 0.6 is 0 Å². The van der Waals surface area contributed by atoms with Gasteiger partial charge in [-0.15, -0.1) is 0 Å². The molecular formula is C27H25N7. The van der Waals surface area contributed by atoms with Crippen molar-refractivity contribution in [3.8, 4) is 28.3 Å². The Labute approximate surface area is 197 Å². The molecule has 5 aromatic rings. The third-order valence-corrected chi connectivity index (χ3v) is 6.19. The molecule has 0 bridgehead atoms. The fraction of sp³-hybridized carbons (Fsp3) is 0.148. The molecule has 168 valence electrons. The summed E-state index contributed by atoms with van der Waals surface area (Å²) in [5.74, 6) is 1.18. The molecule has 34 heavy (non-hydrogen) atoms. The molecule has 6 rings (SSSR count). The average Bonchev–Trinajstić information content (AvgIpc) is 3.53. The molecule has 0 unspecified atom stereocenters. The summed E-state index contributed by atoms with van der Waals surface area (Å²) in [5.41, 5.74) is 12.9. The minimum absolute atomic E-state index is 0.445. The summed E-state index contributed by atoms with van der Waals surface area (Å²) in [7, 11) is 0. The van der Waals surface area contributed by atoms with Gasteiger partial charge in [-0.25, -0.2) is 15.0 Å². The molecule has 0 spiro atoms. The normalized spacial score (nSPS) is 14.1. The van der Waals surface area contributed by atoms with Crippen molar-refractivity contribution in [3.63, 3.8) is 0 Å². The van der Waals surface area contributed by atoms with Gasteiger partial charge in [0.25, 0.3) is 0 Å². The molecule has 0 amide bonds. The zero-order valence-corrected chi connectivity index (χ0v) is 18.7. The van der Waals surface area contributed by atoms with E-state index in [0.29, 0.717) is 5.82 Å². The van der Waals surface area contributed by atoms with Gasteiger partial charge < -0.3 is 11.1 Å². The highest BCUT2D eigenvalue weighted by Crippen LogP contribution is 2.31. The summed E-state index contributed by atoms with van der Waals surface area (Å²) >= 11 is 0. The van der Waals surface area contributed by atoms with Crippen LogP contribution in [0.4, 0.5) is 5.82 Å². The third-order valence-electron chi connectivity index (χ3n) is 6.19. The van der Waals surface area contributed by atoms with Crippen LogP contribution in [0.1, 0.15) is 5.56 Å². The molecule has 0 aliphatic carbocycles. The number of nitrogens with two attached hydrogens (primary N) is 1. The van der Waals surface area contributed by atoms with E-state index in [4.69, 9.17) is 15.7 Å². The second-order valence-corrected chi connectivity index (χ2v) is 8.49. The van der Waals surface area contributed by atoms with Crippen LogP contribution in [-0.4, -0.2) is 44.2 Å². The first-order chi connectivity index (χ1) is 16.8. The van der Waals surface area contributed by atoms with Crippen LogP contribution < -0.4 is 11.1 Å². The van der Waals surface area contributed by atoms with E-state index >= 15 is 0 Å². The van der Waals surface area contributed by atoms with Gasteiger partial charge in [-0.05, 0) is 42.0 Å². The summed E-state index contributed by atoms with van der Waals surface area (Å²) in [6, 6.07) is 26.7. The number of imidazole rings is 1. The maximum Gasteiger partial charge on any atom is 0.165 e. The van der Waals surface area contributed by atoms with Crippen molar-refractivity contribution in [2.45, 2.75) is 6.54 Å². The number of rotatable bonds is 5. The van der Waals surface area contributed by atoms with E-state index in [1.54, 1.807) is 6.20 Å². The lowest BCUT2D eigenvalue weighted by molar-refractivity contribution is 0.327. The Balaban J connectivity index is 1.49. The molecule has 3 aromatic heterocycles. The highest BCUT2D eigenvalue weighted by atomic mass is 15.3. The van der Waals surface area contributed by atoms with Crippen molar-refractivity contribution in [2.75, 3.05) is 25.5 Å². The monoisotopic (exact) mass is 447 g/mol. The van der Waals surface area contributed by atoms with Crippen LogP contribution in [-0.2, 0) is 6.54 Å². The fourth-order valence-corrected chi connectivity index (χ4v) is 4.46. The van der Waals surface area contributed by atoms with Crippen LogP contribution in [0.15, 0.2) is 85.1 Å². The number of hydrogen-bond donors (Lipinski definition) is 2. The summed E-state index contributed by atoms with van der Waals surface area (Å²) in [5, 5.41) is 3.38. The first-order valence-electron chi connectivity index (χ1n) is 11.4. The fourth-order valence-electron chi connectivity index (χ4n) is 4.46. The molecule has 4 heterocycles. The van der Waals surface area contributed by atoms with Crippen LogP contribution in [0.3, 0.4) is 0 Å². The zero-order valence-electron chi connectivity index (χ0n) is 18.7. The topological polar surface area (TPSA) is 84.9 Å². The predicted octanol–water partition coefficient (Wildman–Crippen LogP) is 4.09. The van der Waals surface area contributed by atoms with Gasteiger partial charge in [0.2, 0.25) is 0 Å². The third kappa shape index (κ3) is 3.81. The van der Waals surface area contributed by atoms with Gasteiger partial charge in [0, 0.05) is 43.8 Å². The molecule has 3 N–H and O–H groups in total. The Morgan fingerprint density at radius 2 is 1.74 bits per heavy atom. The number of nitrogens with one attached hydrogen (secondary N) is 1. The van der Waals surface area contributed by atoms with Gasteiger partial charge in [0.1, 0.15) is 11.3 Å². The number of anilines is 1. The van der Waals surface area contributed by atoms with E-state index in [1.807, 2.05) is 42.5 Å². The van der Waals surface area contributed by atoms with Crippen molar-refractivity contribution in [1.82, 2.24) is 29.7 Å². The Bertz CT molecular complexity index is 1440. The Kier molecular flexibility index (Phi) is 5.25. The number of benzene rings is 2. The quantitative estimate of drug-likeness (QED) is 0.422. The van der Waals surface area contributed by atoms with Gasteiger partial charge in [0.15, 0.2) is 11.5 Å². The lowest BCUT2D eigenvalue weighted by Crippen LogP contribution is -2.21. The van der Waals surface area contributed by atoms with Gasteiger partial charge >= 0.3 is 0 Å². The Morgan fingerprint density at radius 3 is 2.50 bits per heavy atom. The molecule has 0 saturated carbocycles. The molecule has 1 aliphatic rings. The van der Waals surface area contributed by atoms with Crippen LogP contribution in [0, 0.1) is 0 Å². The smallest absolute Gasteiger partial charge is 0.165 e. The average molecular weight is 448 g/mol. The number of nitrogen functional groups attached to an aromatic ring is 1. The van der Waals surface area contributed by atoms with E-state index < -0.39 is 0 Å². The van der Waals surface area contributed by atoms with Crippen molar-refractivity contribution in [2.24, 2.45) is 0 Å². The van der Waals surface area contributed by atoms with Crippen molar-refractivity contribution >= 4 is 17.0 Å². The van der Waals surface area contributed by atoms with E-state index in [0.717, 1.165) is 65.8 Å². The van der Waals surface area contributed by atoms with Crippen molar-refractivity contribution in [3.05, 3.63) is 90.6 Å². The molecule has 1 aliphatic heterocycles. The SMILES string of the molecule is Nc1ncccc1-c1nc2ccc(-c3ccccc3)nc2n1-c1ccc(CN2CCNC2)cc1. The van der Waals surface area contributed by atoms with Gasteiger partial charge in [-0.1, -0.05) is 42.5 Å². The standard InChI is InChI=1S/C27H25N7/c28-25-22(7-4-14-30-25)26-32-24-13-12-23(20-5-2-1-3-6-20)31-27(24)34(26)21-10-8-19(9-11-21)17-33-16-15-29-18-33/h1-14,29H,15-18H2,(H2,28,30). The van der Waals surface area contributed by atoms with Crippen molar-refractivity contribution < 1.29 is 0 Å². The van der Waals surface area contributed by atoms with Crippen LogP contribution in [0.2, 0.25) is 0 Å². The van der Waals surface area contributed by atoms with E-state index in [1.165, 1.54) is 5.56 Å². The van der Waals surface area contributed by atoms with Crippen LogP contribution in [0.25, 0.3) is 39.5 Å². The van der Waals surface area contributed by atoms with Gasteiger partial charge in [0.05, 0.1) is 11.3 Å². The first kappa shape index (κ1) is 20.5. The summed E-state index contributed by atoms with van der Waals surface area (Å²) in [6.07, 6.45) is 1.69. The summed E-state index contributed by atoms with van der Waals surface area (Å²) in [6.45, 7) is 3.98. The second-order valence-electron chi connectivity index (χ2n) is 8.49. The van der Waals surface area contributed by atoms with Gasteiger partial charge in [-0.2, -0.15) is 0 Å². The molecule has 1 fully saturated rings. The molecular weight excluding hydrogens is 422 g/mol. The second kappa shape index (κ2) is 8.70. The zero-order chi connectivity index (χ0) is 22.9. The number of fused-ring (bicyclic) bond motifs is 1. The molecule has 7 nitrogen and oxygen atoms in total. The first-order valence-corrected chi connectivity index (χ1v) is 11.4. The largest absolute Gasteiger partial charge is 0.383 e.